The van der Waals surface area contributed by atoms with Gasteiger partial charge in [0.05, 0.1) is 0 Å². The molecule has 0 heterocycles. The van der Waals surface area contributed by atoms with Crippen LogP contribution in [-0.4, -0.2) is 25.7 Å². The molecule has 0 spiro atoms. The summed E-state index contributed by atoms with van der Waals surface area (Å²) in [6, 6.07) is 0. The van der Waals surface area contributed by atoms with E-state index in [1.165, 1.54) is 12.8 Å². The fourth-order valence-electron chi connectivity index (χ4n) is 2.72. The van der Waals surface area contributed by atoms with Crippen LogP contribution in [0.25, 0.3) is 5.32 Å². The van der Waals surface area contributed by atoms with Crippen molar-refractivity contribution in [1.29, 1.82) is 0 Å². The minimum Gasteiger partial charge on any atom is -0.664 e. The van der Waals surface area contributed by atoms with Crippen molar-refractivity contribution in [3.8, 4) is 0 Å². The van der Waals surface area contributed by atoms with Crippen molar-refractivity contribution in [2.75, 3.05) is 20.1 Å². The zero-order valence-electron chi connectivity index (χ0n) is 11.3. The van der Waals surface area contributed by atoms with Gasteiger partial charge in [0.25, 0.3) is 0 Å². The predicted molar refractivity (Wildman–Crippen MR) is 67.0 cm³/mol. The smallest absolute Gasteiger partial charge is 0.0203 e. The van der Waals surface area contributed by atoms with Gasteiger partial charge < -0.3 is 17.6 Å². The predicted octanol–water partition coefficient (Wildman–Crippen LogP) is 3.00. The average molecular weight is 299 g/mol. The van der Waals surface area contributed by atoms with Crippen molar-refractivity contribution in [1.82, 2.24) is 5.32 Å². The van der Waals surface area contributed by atoms with Crippen LogP contribution in [0.3, 0.4) is 0 Å². The number of hydrogen-bond donors (Lipinski definition) is 1. The average Bonchev–Trinajstić information content (AvgIpc) is 2.42. The van der Waals surface area contributed by atoms with E-state index in [1.54, 1.807) is 0 Å². The molecule has 1 aliphatic carbocycles. The number of nitrogens with zero attached hydrogens (tertiary/aromatic N) is 1. The molecule has 0 saturated heterocycles. The molecule has 3 heteroatoms. The second kappa shape index (κ2) is 6.82. The van der Waals surface area contributed by atoms with Crippen molar-refractivity contribution in [2.24, 2.45) is 11.3 Å². The van der Waals surface area contributed by atoms with Gasteiger partial charge in [-0.15, -0.1) is 6.54 Å². The summed E-state index contributed by atoms with van der Waals surface area (Å²) < 4.78 is 0. The van der Waals surface area contributed by atoms with E-state index in [0.717, 1.165) is 25.4 Å². The van der Waals surface area contributed by atoms with Gasteiger partial charge >= 0.3 is 0 Å². The van der Waals surface area contributed by atoms with Crippen LogP contribution in [0, 0.1) is 18.3 Å². The molecule has 93 valence electrons. The molecule has 0 aromatic heterocycles. The van der Waals surface area contributed by atoms with Crippen molar-refractivity contribution in [3.63, 3.8) is 0 Å². The molecule has 2 atom stereocenters. The Morgan fingerprint density at radius 3 is 2.44 bits per heavy atom. The van der Waals surface area contributed by atoms with Crippen LogP contribution in [0.15, 0.2) is 0 Å². The minimum absolute atomic E-state index is 0. The Morgan fingerprint density at radius 1 is 1.38 bits per heavy atom. The van der Waals surface area contributed by atoms with Gasteiger partial charge in [-0.1, -0.05) is 19.8 Å². The van der Waals surface area contributed by atoms with Crippen LogP contribution in [0.5, 0.6) is 0 Å². The van der Waals surface area contributed by atoms with E-state index in [1.807, 2.05) is 0 Å². The van der Waals surface area contributed by atoms with E-state index in [9.17, 15) is 0 Å². The molecule has 0 bridgehead atoms. The molecule has 2 nitrogen and oxygen atoms in total. The topological polar surface area (TPSA) is 26.1 Å². The SMILES string of the molecule is [CH2-]CC[N-]CC1CCC(C)(NC)C1(C)C.[Y]. The Labute approximate surface area is 127 Å². The Hall–Kier alpha value is 1.02. The molecule has 1 N–H and O–H groups in total. The summed E-state index contributed by atoms with van der Waals surface area (Å²) >= 11 is 0. The molecule has 1 saturated carbocycles. The third-order valence-corrected chi connectivity index (χ3v) is 4.65. The molecule has 1 radical (unpaired) electrons. The molecule has 0 aromatic carbocycles. The fraction of sp³-hybridized carbons (Fsp3) is 0.923. The standard InChI is InChI=1S/C13H26N2.Y/c1-6-9-15-10-11-7-8-13(4,14-5)12(11,2)3;/h11,14H,1,6-10H2,2-5H3;/q-2;. The van der Waals surface area contributed by atoms with Crippen molar-refractivity contribution in [2.45, 2.75) is 45.6 Å². The van der Waals surface area contributed by atoms with Crippen LogP contribution in [0.1, 0.15) is 40.0 Å². The van der Waals surface area contributed by atoms with Crippen molar-refractivity contribution in [3.05, 3.63) is 12.2 Å². The van der Waals surface area contributed by atoms with Gasteiger partial charge in [-0.2, -0.15) is 6.54 Å². The van der Waals surface area contributed by atoms with Crippen LogP contribution < -0.4 is 5.32 Å². The molecule has 2 unspecified atom stereocenters. The maximum atomic E-state index is 4.58. The van der Waals surface area contributed by atoms with E-state index >= 15 is 0 Å². The minimum atomic E-state index is 0. The molecule has 16 heavy (non-hydrogen) atoms. The van der Waals surface area contributed by atoms with E-state index in [-0.39, 0.29) is 38.2 Å². The molecular weight excluding hydrogens is 273 g/mol. The first kappa shape index (κ1) is 17.0. The monoisotopic (exact) mass is 299 g/mol. The molecule has 0 aliphatic heterocycles. The van der Waals surface area contributed by atoms with Gasteiger partial charge in [-0.25, -0.2) is 6.42 Å². The van der Waals surface area contributed by atoms with Gasteiger partial charge in [-0.05, 0) is 32.2 Å². The quantitative estimate of drug-likeness (QED) is 0.613. The van der Waals surface area contributed by atoms with Gasteiger partial charge in [0.15, 0.2) is 0 Å². The number of hydrogen-bond acceptors (Lipinski definition) is 1. The van der Waals surface area contributed by atoms with Crippen molar-refractivity contribution >= 4 is 0 Å². The molecule has 0 amide bonds. The summed E-state index contributed by atoms with van der Waals surface area (Å²) in [6.45, 7) is 12.9. The summed E-state index contributed by atoms with van der Waals surface area (Å²) in [5.74, 6) is 0.724. The summed E-state index contributed by atoms with van der Waals surface area (Å²) in [5.41, 5.74) is 0.615. The van der Waals surface area contributed by atoms with E-state index < -0.39 is 0 Å². The summed E-state index contributed by atoms with van der Waals surface area (Å²) in [4.78, 5) is 0. The van der Waals surface area contributed by atoms with Crippen LogP contribution in [-0.2, 0) is 32.7 Å². The molecular formula is C13H26N2Y-2. The zero-order chi connectivity index (χ0) is 11.5. The van der Waals surface area contributed by atoms with Gasteiger partial charge in [0, 0.05) is 38.2 Å². The Morgan fingerprint density at radius 2 is 2.00 bits per heavy atom. The number of rotatable bonds is 5. The number of nitrogens with one attached hydrogen (secondary N) is 1. The van der Waals surface area contributed by atoms with Crippen LogP contribution >= 0.6 is 0 Å². The third kappa shape index (κ3) is 3.28. The first-order valence-corrected chi connectivity index (χ1v) is 6.09. The second-order valence-corrected chi connectivity index (χ2v) is 5.52. The fourth-order valence-corrected chi connectivity index (χ4v) is 2.72. The maximum absolute atomic E-state index is 4.58. The Kier molecular flexibility index (Phi) is 7.26. The normalized spacial score (nSPS) is 32.4. The Bertz CT molecular complexity index is 206. The summed E-state index contributed by atoms with van der Waals surface area (Å²) in [7, 11) is 2.08. The van der Waals surface area contributed by atoms with Crippen LogP contribution in [0.2, 0.25) is 0 Å². The second-order valence-electron chi connectivity index (χ2n) is 5.52. The maximum Gasteiger partial charge on any atom is 0.0203 e. The molecule has 1 aliphatic rings. The largest absolute Gasteiger partial charge is 0.664 e. The molecule has 0 aromatic rings. The first-order chi connectivity index (χ1) is 6.98. The van der Waals surface area contributed by atoms with E-state index in [2.05, 4.69) is 45.4 Å². The molecule has 1 fully saturated rings. The van der Waals surface area contributed by atoms with Gasteiger partial charge in [0.2, 0.25) is 0 Å². The summed E-state index contributed by atoms with van der Waals surface area (Å²) in [5, 5.41) is 8.07. The zero-order valence-corrected chi connectivity index (χ0v) is 14.2. The molecule has 1 rings (SSSR count). The Balaban J connectivity index is 0.00000225. The van der Waals surface area contributed by atoms with E-state index in [4.69, 9.17) is 0 Å². The first-order valence-electron chi connectivity index (χ1n) is 6.09. The van der Waals surface area contributed by atoms with E-state index in [0.29, 0.717) is 5.41 Å². The van der Waals surface area contributed by atoms with Crippen molar-refractivity contribution < 1.29 is 32.7 Å². The van der Waals surface area contributed by atoms with Gasteiger partial charge in [-0.3, -0.25) is 0 Å². The summed E-state index contributed by atoms with van der Waals surface area (Å²) in [6.07, 6.45) is 3.49. The third-order valence-electron chi connectivity index (χ3n) is 4.65. The van der Waals surface area contributed by atoms with Crippen LogP contribution in [0.4, 0.5) is 0 Å². The van der Waals surface area contributed by atoms with Gasteiger partial charge in [0.1, 0.15) is 0 Å².